The molecule has 0 aliphatic carbocycles. The van der Waals surface area contributed by atoms with Crippen molar-refractivity contribution in [1.29, 1.82) is 0 Å². The highest BCUT2D eigenvalue weighted by molar-refractivity contribution is 5.96. The molecule has 6 rings (SSSR count). The average Bonchev–Trinajstić information content (AvgIpc) is 3.44. The standard InChI is InChI=1S/C25H25N3O6/c1-14(30)28-12-25(10-27(11-25)24(31)15-3-6-20-21(7-15)34-13-33-20)22-17-5-4-16(32-2)8-18(17)26-23(22)19(28)9-29/h3-8,19,26,29H,9-13H2,1-2H3/t19-/m1/s1. The molecule has 3 aliphatic heterocycles. The maximum absolute atomic E-state index is 13.3. The molecule has 1 fully saturated rings. The zero-order valence-electron chi connectivity index (χ0n) is 19.0. The number of methoxy groups -OCH3 is 1. The molecule has 9 heteroatoms. The van der Waals surface area contributed by atoms with E-state index in [0.717, 1.165) is 27.9 Å². The van der Waals surface area contributed by atoms with Crippen molar-refractivity contribution in [3.05, 3.63) is 53.2 Å². The molecule has 1 spiro atoms. The Labute approximate surface area is 195 Å². The Bertz CT molecular complexity index is 1330. The Morgan fingerprint density at radius 3 is 2.68 bits per heavy atom. The number of carbonyl (C=O) groups is 2. The van der Waals surface area contributed by atoms with Crippen molar-refractivity contribution in [1.82, 2.24) is 14.8 Å². The highest BCUT2D eigenvalue weighted by Gasteiger charge is 2.54. The van der Waals surface area contributed by atoms with E-state index < -0.39 is 11.5 Å². The van der Waals surface area contributed by atoms with Crippen molar-refractivity contribution < 1.29 is 28.9 Å². The number of benzene rings is 2. The fourth-order valence-corrected chi connectivity index (χ4v) is 5.64. The van der Waals surface area contributed by atoms with E-state index in [1.165, 1.54) is 6.92 Å². The Balaban J connectivity index is 1.38. The molecular formula is C25H25N3O6. The Hall–Kier alpha value is -3.72. The molecule has 1 aromatic heterocycles. The monoisotopic (exact) mass is 463 g/mol. The Kier molecular flexibility index (Phi) is 4.54. The molecular weight excluding hydrogens is 438 g/mol. The highest BCUT2D eigenvalue weighted by Crippen LogP contribution is 2.49. The molecule has 176 valence electrons. The van der Waals surface area contributed by atoms with Crippen LogP contribution in [-0.2, 0) is 10.2 Å². The summed E-state index contributed by atoms with van der Waals surface area (Å²) >= 11 is 0. The number of rotatable bonds is 3. The van der Waals surface area contributed by atoms with Gasteiger partial charge in [-0.3, -0.25) is 9.59 Å². The number of likely N-dealkylation sites (tertiary alicyclic amines) is 1. The number of aromatic nitrogens is 1. The van der Waals surface area contributed by atoms with E-state index in [0.29, 0.717) is 36.7 Å². The molecule has 1 atom stereocenters. The fourth-order valence-electron chi connectivity index (χ4n) is 5.64. The van der Waals surface area contributed by atoms with Gasteiger partial charge in [0.05, 0.1) is 25.2 Å². The normalized spacial score (nSPS) is 19.8. The molecule has 1 saturated heterocycles. The largest absolute Gasteiger partial charge is 0.497 e. The summed E-state index contributed by atoms with van der Waals surface area (Å²) in [6.45, 7) is 2.85. The molecule has 34 heavy (non-hydrogen) atoms. The smallest absolute Gasteiger partial charge is 0.254 e. The third-order valence-electron chi connectivity index (χ3n) is 7.22. The van der Waals surface area contributed by atoms with Crippen LogP contribution in [0.1, 0.15) is 34.6 Å². The molecule has 0 bridgehead atoms. The Morgan fingerprint density at radius 2 is 1.94 bits per heavy atom. The minimum absolute atomic E-state index is 0.0920. The van der Waals surface area contributed by atoms with E-state index in [1.54, 1.807) is 35.1 Å². The van der Waals surface area contributed by atoms with Crippen molar-refractivity contribution in [2.45, 2.75) is 18.4 Å². The second-order valence-electron chi connectivity index (χ2n) is 9.18. The zero-order valence-corrected chi connectivity index (χ0v) is 19.0. The van der Waals surface area contributed by atoms with Crippen LogP contribution < -0.4 is 14.2 Å². The van der Waals surface area contributed by atoms with Gasteiger partial charge in [-0.05, 0) is 35.9 Å². The predicted octanol–water partition coefficient (Wildman–Crippen LogP) is 2.19. The van der Waals surface area contributed by atoms with Crippen molar-refractivity contribution >= 4 is 22.7 Å². The summed E-state index contributed by atoms with van der Waals surface area (Å²) in [5, 5.41) is 11.2. The topological polar surface area (TPSA) is 104 Å². The minimum Gasteiger partial charge on any atom is -0.497 e. The second-order valence-corrected chi connectivity index (χ2v) is 9.18. The summed E-state index contributed by atoms with van der Waals surface area (Å²) in [4.78, 5) is 32.7. The van der Waals surface area contributed by atoms with Gasteiger partial charge in [-0.1, -0.05) is 0 Å². The van der Waals surface area contributed by atoms with Gasteiger partial charge >= 0.3 is 0 Å². The minimum atomic E-state index is -0.463. The van der Waals surface area contributed by atoms with Gasteiger partial charge in [0, 0.05) is 54.8 Å². The molecule has 3 aliphatic rings. The SMILES string of the molecule is COc1ccc2c3c([nH]c2c1)[C@@H](CO)N(C(C)=O)CC31CN(C(=O)c2ccc3c(c2)OCO3)C1. The average molecular weight is 463 g/mol. The number of hydrogen-bond donors (Lipinski definition) is 2. The molecule has 3 aromatic rings. The van der Waals surface area contributed by atoms with Gasteiger partial charge in [0.1, 0.15) is 5.75 Å². The van der Waals surface area contributed by atoms with E-state index >= 15 is 0 Å². The first kappa shape index (κ1) is 20.9. The van der Waals surface area contributed by atoms with Crippen LogP contribution in [0.2, 0.25) is 0 Å². The number of carbonyl (C=O) groups excluding carboxylic acids is 2. The van der Waals surface area contributed by atoms with E-state index in [1.807, 2.05) is 18.2 Å². The molecule has 2 aromatic carbocycles. The summed E-state index contributed by atoms with van der Waals surface area (Å²) < 4.78 is 16.2. The maximum atomic E-state index is 13.3. The lowest BCUT2D eigenvalue weighted by Gasteiger charge is -2.56. The Morgan fingerprint density at radius 1 is 1.15 bits per heavy atom. The van der Waals surface area contributed by atoms with Crippen LogP contribution in [-0.4, -0.2) is 71.8 Å². The lowest BCUT2D eigenvalue weighted by molar-refractivity contribution is -0.136. The number of aliphatic hydroxyl groups excluding tert-OH is 1. The van der Waals surface area contributed by atoms with Crippen LogP contribution in [0.4, 0.5) is 0 Å². The summed E-state index contributed by atoms with van der Waals surface area (Å²) in [6, 6.07) is 10.6. The summed E-state index contributed by atoms with van der Waals surface area (Å²) in [6.07, 6.45) is 0. The molecule has 9 nitrogen and oxygen atoms in total. The van der Waals surface area contributed by atoms with Crippen LogP contribution >= 0.6 is 0 Å². The zero-order chi connectivity index (χ0) is 23.6. The second kappa shape index (κ2) is 7.39. The first-order valence-electron chi connectivity index (χ1n) is 11.2. The first-order chi connectivity index (χ1) is 16.4. The third kappa shape index (κ3) is 2.89. The van der Waals surface area contributed by atoms with Crippen molar-refractivity contribution in [2.24, 2.45) is 0 Å². The van der Waals surface area contributed by atoms with Gasteiger partial charge in [0.25, 0.3) is 5.91 Å². The van der Waals surface area contributed by atoms with Crippen LogP contribution in [0.25, 0.3) is 10.9 Å². The summed E-state index contributed by atoms with van der Waals surface area (Å²) in [7, 11) is 1.62. The highest BCUT2D eigenvalue weighted by atomic mass is 16.7. The number of nitrogens with zero attached hydrogens (tertiary/aromatic N) is 2. The van der Waals surface area contributed by atoms with Crippen molar-refractivity contribution in [3.8, 4) is 17.2 Å². The van der Waals surface area contributed by atoms with Crippen LogP contribution in [0, 0.1) is 0 Å². The van der Waals surface area contributed by atoms with Gasteiger partial charge in [0.15, 0.2) is 11.5 Å². The van der Waals surface area contributed by atoms with Gasteiger partial charge in [-0.2, -0.15) is 0 Å². The molecule has 2 amide bonds. The van der Waals surface area contributed by atoms with Crippen LogP contribution in [0.15, 0.2) is 36.4 Å². The van der Waals surface area contributed by atoms with Crippen LogP contribution in [0.5, 0.6) is 17.2 Å². The number of fused-ring (bicyclic) bond motifs is 5. The maximum Gasteiger partial charge on any atom is 0.254 e. The van der Waals surface area contributed by atoms with Gasteiger partial charge < -0.3 is 34.1 Å². The molecule has 0 radical (unpaired) electrons. The van der Waals surface area contributed by atoms with Gasteiger partial charge in [-0.15, -0.1) is 0 Å². The number of H-pyrrole nitrogens is 1. The molecule has 0 saturated carbocycles. The lowest BCUT2D eigenvalue weighted by Crippen LogP contribution is -2.68. The number of nitrogens with one attached hydrogen (secondary N) is 1. The van der Waals surface area contributed by atoms with E-state index in [-0.39, 0.29) is 25.2 Å². The molecule has 2 N–H and O–H groups in total. The van der Waals surface area contributed by atoms with Crippen LogP contribution in [0.3, 0.4) is 0 Å². The number of ether oxygens (including phenoxy) is 3. The first-order valence-corrected chi connectivity index (χ1v) is 11.2. The van der Waals surface area contributed by atoms with E-state index in [2.05, 4.69) is 4.98 Å². The predicted molar refractivity (Wildman–Crippen MR) is 122 cm³/mol. The number of aliphatic hydroxyl groups is 1. The van der Waals surface area contributed by atoms with E-state index in [4.69, 9.17) is 14.2 Å². The van der Waals surface area contributed by atoms with Gasteiger partial charge in [-0.25, -0.2) is 0 Å². The lowest BCUT2D eigenvalue weighted by atomic mass is 9.68. The number of aromatic amines is 1. The molecule has 0 unspecified atom stereocenters. The van der Waals surface area contributed by atoms with E-state index in [9.17, 15) is 14.7 Å². The van der Waals surface area contributed by atoms with Crippen molar-refractivity contribution in [3.63, 3.8) is 0 Å². The number of hydrogen-bond acceptors (Lipinski definition) is 6. The third-order valence-corrected chi connectivity index (χ3v) is 7.22. The summed E-state index contributed by atoms with van der Waals surface area (Å²) in [5.74, 6) is 1.72. The van der Waals surface area contributed by atoms with Gasteiger partial charge in [0.2, 0.25) is 12.7 Å². The molecule has 4 heterocycles. The quantitative estimate of drug-likeness (QED) is 0.617. The van der Waals surface area contributed by atoms with Crippen molar-refractivity contribution in [2.75, 3.05) is 40.1 Å². The number of amides is 2. The summed E-state index contributed by atoms with van der Waals surface area (Å²) in [5.41, 5.74) is 2.88. The fraction of sp³-hybridized carbons (Fsp3) is 0.360.